The smallest absolute Gasteiger partial charge is 0.331 e. The Morgan fingerprint density at radius 2 is 1.82 bits per heavy atom. The normalized spacial score (nSPS) is 35.2. The van der Waals surface area contributed by atoms with Gasteiger partial charge in [-0.1, -0.05) is 11.6 Å². The first-order valence-electron chi connectivity index (χ1n) is 11.9. The zero-order chi connectivity index (χ0) is 24.6. The van der Waals surface area contributed by atoms with Crippen molar-refractivity contribution in [1.82, 2.24) is 9.97 Å². The van der Waals surface area contributed by atoms with E-state index in [9.17, 15) is 4.57 Å². The minimum Gasteiger partial charge on any atom is -0.344 e. The van der Waals surface area contributed by atoms with Gasteiger partial charge in [0.05, 0.1) is 36.3 Å². The van der Waals surface area contributed by atoms with Crippen molar-refractivity contribution in [2.75, 3.05) is 6.16 Å². The van der Waals surface area contributed by atoms with Crippen molar-refractivity contribution in [1.29, 1.82) is 0 Å². The molecule has 3 fully saturated rings. The highest BCUT2D eigenvalue weighted by atomic mass is 35.5. The van der Waals surface area contributed by atoms with Gasteiger partial charge in [-0.3, -0.25) is 9.56 Å². The highest BCUT2D eigenvalue weighted by Crippen LogP contribution is 2.75. The molecule has 34 heavy (non-hydrogen) atoms. The molecule has 0 N–H and O–H groups in total. The summed E-state index contributed by atoms with van der Waals surface area (Å²) in [5, 5.41) is 0.365. The van der Waals surface area contributed by atoms with Crippen molar-refractivity contribution < 1.29 is 23.1 Å². The Balaban J connectivity index is 1.43. The molecule has 0 bridgehead atoms. The van der Waals surface area contributed by atoms with Crippen LogP contribution in [0.2, 0.25) is 10.4 Å². The average Bonchev–Trinajstić information content (AvgIpc) is 2.95. The van der Waals surface area contributed by atoms with E-state index in [1.807, 2.05) is 47.8 Å². The van der Waals surface area contributed by atoms with Crippen molar-refractivity contribution in [2.45, 2.75) is 90.5 Å². The van der Waals surface area contributed by atoms with Gasteiger partial charge in [0.2, 0.25) is 5.28 Å². The van der Waals surface area contributed by atoms with Crippen LogP contribution >= 0.6 is 30.8 Å². The lowest BCUT2D eigenvalue weighted by Crippen LogP contribution is -2.33. The summed E-state index contributed by atoms with van der Waals surface area (Å²) in [6, 6.07) is 0. The molecule has 0 aromatic carbocycles. The van der Waals surface area contributed by atoms with Crippen LogP contribution in [-0.4, -0.2) is 52.5 Å². The Hall–Kier alpha value is -0.600. The van der Waals surface area contributed by atoms with E-state index < -0.39 is 13.4 Å². The minimum absolute atomic E-state index is 0.0928. The molecule has 11 heteroatoms. The van der Waals surface area contributed by atoms with Gasteiger partial charge in [-0.2, -0.15) is 0 Å². The molecule has 188 valence electrons. The first kappa shape index (κ1) is 25.1. The summed E-state index contributed by atoms with van der Waals surface area (Å²) in [5.41, 5.74) is 1.15. The molecule has 2 aliphatic heterocycles. The zero-order valence-electron chi connectivity index (χ0n) is 20.3. The molecule has 3 heterocycles. The van der Waals surface area contributed by atoms with Crippen LogP contribution in [0, 0.1) is 17.3 Å². The number of fused-ring (bicyclic) bond motifs is 4. The van der Waals surface area contributed by atoms with Crippen LogP contribution in [0.5, 0.6) is 0 Å². The Kier molecular flexibility index (Phi) is 6.25. The lowest BCUT2D eigenvalue weighted by molar-refractivity contribution is -0.162. The number of ether oxygens (including phenoxy) is 2. The van der Waals surface area contributed by atoms with Crippen LogP contribution < -0.4 is 0 Å². The van der Waals surface area contributed by atoms with Crippen molar-refractivity contribution in [3.05, 3.63) is 16.1 Å². The topological polar surface area (TPSA) is 92.1 Å². The molecule has 0 radical (unpaired) electrons. The van der Waals surface area contributed by atoms with Crippen LogP contribution in [0.4, 0.5) is 5.69 Å². The fourth-order valence-corrected chi connectivity index (χ4v) is 8.90. The van der Waals surface area contributed by atoms with E-state index >= 15 is 0 Å². The third-order valence-corrected chi connectivity index (χ3v) is 9.94. The molecule has 6 atom stereocenters. The largest absolute Gasteiger partial charge is 0.344 e. The standard InChI is InChI=1S/C23H32Cl2N3O5P/c1-11(2)32-34(29,33-12(3)4)8-7-23-9-14(23)15(18-19(23)31-22(5,6)30-18)13-10-26-17-16(13)27-21(25)28-20(17)24/h10-15,18-19H,7-9H2,1-6H3/t13?,14-,15-,18+,19+,23?/m1/s1. The number of hydrogen-bond acceptors (Lipinski definition) is 8. The van der Waals surface area contributed by atoms with Crippen molar-refractivity contribution >= 4 is 42.7 Å². The maximum absolute atomic E-state index is 13.6. The highest BCUT2D eigenvalue weighted by Gasteiger charge is 2.76. The number of hydrogen-bond donors (Lipinski definition) is 0. The Labute approximate surface area is 210 Å². The van der Waals surface area contributed by atoms with E-state index in [2.05, 4.69) is 15.0 Å². The fourth-order valence-electron chi connectivity index (χ4n) is 6.22. The molecule has 4 aliphatic rings. The van der Waals surface area contributed by atoms with Gasteiger partial charge in [-0.05, 0) is 71.9 Å². The van der Waals surface area contributed by atoms with Gasteiger partial charge < -0.3 is 18.5 Å². The van der Waals surface area contributed by atoms with E-state index in [1.54, 1.807) is 0 Å². The van der Waals surface area contributed by atoms with Crippen LogP contribution in [0.15, 0.2) is 4.99 Å². The van der Waals surface area contributed by atoms with Crippen molar-refractivity contribution in [3.63, 3.8) is 0 Å². The van der Waals surface area contributed by atoms with E-state index in [4.69, 9.17) is 41.7 Å². The number of aliphatic imine (C=N–C) groups is 1. The molecule has 1 saturated heterocycles. The molecule has 0 amide bonds. The highest BCUT2D eigenvalue weighted by molar-refractivity contribution is 7.53. The summed E-state index contributed by atoms with van der Waals surface area (Å²) < 4.78 is 38.1. The van der Waals surface area contributed by atoms with Gasteiger partial charge in [0.1, 0.15) is 5.69 Å². The van der Waals surface area contributed by atoms with E-state index in [-0.39, 0.29) is 52.1 Å². The van der Waals surface area contributed by atoms with Crippen LogP contribution in [0.25, 0.3) is 0 Å². The summed E-state index contributed by atoms with van der Waals surface area (Å²) in [7, 11) is -3.26. The molecule has 2 aliphatic carbocycles. The third kappa shape index (κ3) is 4.27. The average molecular weight is 532 g/mol. The monoisotopic (exact) mass is 531 g/mol. The molecule has 2 saturated carbocycles. The number of halogens is 2. The summed E-state index contributed by atoms with van der Waals surface area (Å²) in [6.45, 7) is 11.4. The van der Waals surface area contributed by atoms with E-state index in [0.29, 0.717) is 24.2 Å². The van der Waals surface area contributed by atoms with Crippen LogP contribution in [-0.2, 0) is 23.1 Å². The molecule has 1 aromatic rings. The summed E-state index contributed by atoms with van der Waals surface area (Å²) in [4.78, 5) is 13.0. The van der Waals surface area contributed by atoms with Gasteiger partial charge in [0.25, 0.3) is 0 Å². The third-order valence-electron chi connectivity index (χ3n) is 7.25. The summed E-state index contributed by atoms with van der Waals surface area (Å²) >= 11 is 12.4. The molecule has 5 rings (SSSR count). The van der Waals surface area contributed by atoms with Gasteiger partial charge in [-0.25, -0.2) is 9.97 Å². The van der Waals surface area contributed by atoms with Gasteiger partial charge in [0, 0.05) is 23.5 Å². The van der Waals surface area contributed by atoms with Crippen LogP contribution in [0.3, 0.4) is 0 Å². The quantitative estimate of drug-likeness (QED) is 0.225. The maximum Gasteiger partial charge on any atom is 0.331 e. The fraction of sp³-hybridized carbons (Fsp3) is 0.783. The predicted octanol–water partition coefficient (Wildman–Crippen LogP) is 6.17. The Morgan fingerprint density at radius 3 is 2.47 bits per heavy atom. The minimum atomic E-state index is -3.26. The van der Waals surface area contributed by atoms with E-state index in [0.717, 1.165) is 12.1 Å². The molecule has 1 aromatic heterocycles. The molecule has 8 nitrogen and oxygen atoms in total. The second kappa shape index (κ2) is 8.47. The SMILES string of the molecule is CC(C)OP(=O)(CCC12C[C@@H]1[C@@H](C1C=Nc3c(Cl)nc(Cl)nc31)[C@@H]1OC(C)(C)O[C@@H]12)OC(C)C. The van der Waals surface area contributed by atoms with E-state index in [1.165, 1.54) is 0 Å². The maximum atomic E-state index is 13.6. The number of rotatable bonds is 8. The lowest BCUT2D eigenvalue weighted by Gasteiger charge is -2.27. The molecule has 0 spiro atoms. The Bertz CT molecular complexity index is 1050. The van der Waals surface area contributed by atoms with Gasteiger partial charge in [-0.15, -0.1) is 0 Å². The number of nitrogens with zero attached hydrogens (tertiary/aromatic N) is 3. The van der Waals surface area contributed by atoms with Crippen molar-refractivity contribution in [3.8, 4) is 0 Å². The van der Waals surface area contributed by atoms with Crippen molar-refractivity contribution in [2.24, 2.45) is 22.2 Å². The second-order valence-electron chi connectivity index (χ2n) is 10.9. The van der Waals surface area contributed by atoms with Gasteiger partial charge in [0.15, 0.2) is 10.9 Å². The zero-order valence-corrected chi connectivity index (χ0v) is 22.7. The molecule has 2 unspecified atom stereocenters. The first-order valence-corrected chi connectivity index (χ1v) is 14.4. The number of aromatic nitrogens is 2. The molecular formula is C23H32Cl2N3O5P. The van der Waals surface area contributed by atoms with Crippen LogP contribution in [0.1, 0.15) is 66.0 Å². The lowest BCUT2D eigenvalue weighted by atomic mass is 9.84. The predicted molar refractivity (Wildman–Crippen MR) is 130 cm³/mol. The summed E-state index contributed by atoms with van der Waals surface area (Å²) in [5.74, 6) is -0.409. The second-order valence-corrected chi connectivity index (χ2v) is 13.6. The summed E-state index contributed by atoms with van der Waals surface area (Å²) in [6.07, 6.45) is 3.23. The Morgan fingerprint density at radius 1 is 1.15 bits per heavy atom. The van der Waals surface area contributed by atoms with Gasteiger partial charge >= 0.3 is 7.60 Å². The first-order chi connectivity index (χ1) is 15.8. The molecular weight excluding hydrogens is 500 g/mol.